The second kappa shape index (κ2) is 4.73. The summed E-state index contributed by atoms with van der Waals surface area (Å²) in [5, 5.41) is 0.441. The number of para-hydroxylation sites is 1. The molecule has 1 aromatic carbocycles. The number of hydrogen-bond acceptors (Lipinski definition) is 5. The molecule has 0 spiro atoms. The Hall–Kier alpha value is -1.96. The molecule has 8 heteroatoms. The summed E-state index contributed by atoms with van der Waals surface area (Å²) in [4.78, 5) is 11.2. The van der Waals surface area contributed by atoms with E-state index in [2.05, 4.69) is 4.36 Å². The molecule has 0 saturated carbocycles. The lowest BCUT2D eigenvalue weighted by Gasteiger charge is -2.04. The number of halogens is 2. The molecule has 2 rings (SSSR count). The number of ether oxygens (including phenoxy) is 1. The molecule has 0 radical (unpaired) electrons. The van der Waals surface area contributed by atoms with Gasteiger partial charge in [-0.25, -0.2) is 4.79 Å². The molecule has 2 aromatic rings. The lowest BCUT2D eigenvalue weighted by molar-refractivity contribution is 0.331. The molecular formula is C10H7F2NO4S. The average Bonchev–Trinajstić information content (AvgIpc) is 2.27. The van der Waals surface area contributed by atoms with Gasteiger partial charge in [0, 0.05) is 0 Å². The van der Waals surface area contributed by atoms with Gasteiger partial charge >= 0.3 is 16.1 Å². The van der Waals surface area contributed by atoms with Gasteiger partial charge in [0.25, 0.3) is 0 Å². The maximum Gasteiger partial charge on any atom is 0.370 e. The van der Waals surface area contributed by atoms with Gasteiger partial charge in [-0.1, -0.05) is 19.9 Å². The van der Waals surface area contributed by atoms with Gasteiger partial charge in [-0.3, -0.25) is 0 Å². The molecule has 5 nitrogen and oxygen atoms in total. The van der Waals surface area contributed by atoms with Gasteiger partial charge < -0.3 is 9.15 Å². The van der Waals surface area contributed by atoms with Gasteiger partial charge in [-0.2, -0.15) is 4.21 Å². The third-order valence-corrected chi connectivity index (χ3v) is 2.44. The fraction of sp³-hybridized carbons (Fsp3) is 0.100. The lowest BCUT2D eigenvalue weighted by Crippen LogP contribution is -2.02. The van der Waals surface area contributed by atoms with Crippen molar-refractivity contribution in [3.05, 3.63) is 40.8 Å². The molecule has 0 saturated heterocycles. The van der Waals surface area contributed by atoms with Gasteiger partial charge in [-0.05, 0) is 12.1 Å². The van der Waals surface area contributed by atoms with Gasteiger partial charge in [-0.15, -0.1) is 4.36 Å². The van der Waals surface area contributed by atoms with E-state index in [-0.39, 0.29) is 11.3 Å². The summed E-state index contributed by atoms with van der Waals surface area (Å²) in [7, 11) is -5.21. The van der Waals surface area contributed by atoms with Crippen molar-refractivity contribution in [1.82, 2.24) is 0 Å². The summed E-state index contributed by atoms with van der Waals surface area (Å²) in [5.41, 5.74) is -0.411. The van der Waals surface area contributed by atoms with Gasteiger partial charge in [0.1, 0.15) is 11.3 Å². The number of benzene rings is 1. The van der Waals surface area contributed by atoms with Crippen molar-refractivity contribution in [2.75, 3.05) is 6.73 Å². The SMILES string of the molecule is O=c1cc(OCN=S(=O)(F)F)c2ccccc2o1. The quantitative estimate of drug-likeness (QED) is 0.637. The van der Waals surface area contributed by atoms with Crippen LogP contribution in [0.5, 0.6) is 5.75 Å². The zero-order valence-corrected chi connectivity index (χ0v) is 9.65. The molecular weight excluding hydrogens is 268 g/mol. The Bertz CT molecular complexity index is 741. The monoisotopic (exact) mass is 275 g/mol. The second-order valence-corrected chi connectivity index (χ2v) is 4.28. The summed E-state index contributed by atoms with van der Waals surface area (Å²) < 4.78 is 46.4. The van der Waals surface area contributed by atoms with Crippen LogP contribution in [-0.2, 0) is 10.5 Å². The zero-order valence-electron chi connectivity index (χ0n) is 8.84. The first-order valence-corrected chi connectivity index (χ1v) is 6.05. The summed E-state index contributed by atoms with van der Waals surface area (Å²) in [6, 6.07) is 7.45. The fourth-order valence-corrected chi connectivity index (χ4v) is 1.53. The van der Waals surface area contributed by atoms with Crippen LogP contribution in [0.2, 0.25) is 0 Å². The maximum atomic E-state index is 12.0. The molecule has 0 N–H and O–H groups in total. The first-order chi connectivity index (χ1) is 8.46. The number of hydrogen-bond donors (Lipinski definition) is 0. The van der Waals surface area contributed by atoms with E-state index in [1.165, 1.54) is 6.07 Å². The zero-order chi connectivity index (χ0) is 13.2. The smallest absolute Gasteiger partial charge is 0.370 e. The van der Waals surface area contributed by atoms with E-state index >= 15 is 0 Å². The lowest BCUT2D eigenvalue weighted by atomic mass is 10.2. The number of rotatable bonds is 3. The van der Waals surface area contributed by atoms with Crippen LogP contribution in [0.15, 0.2) is 43.9 Å². The van der Waals surface area contributed by atoms with Crippen LogP contribution in [0, 0.1) is 0 Å². The highest BCUT2D eigenvalue weighted by molar-refractivity contribution is 7.83. The van der Waals surface area contributed by atoms with E-state index in [4.69, 9.17) is 9.15 Å². The molecule has 18 heavy (non-hydrogen) atoms. The molecule has 0 amide bonds. The van der Waals surface area contributed by atoms with Crippen LogP contribution in [0.4, 0.5) is 7.77 Å². The minimum atomic E-state index is -5.21. The average molecular weight is 275 g/mol. The Morgan fingerprint density at radius 3 is 2.78 bits per heavy atom. The maximum absolute atomic E-state index is 12.0. The third-order valence-electron chi connectivity index (χ3n) is 2.04. The summed E-state index contributed by atoms with van der Waals surface area (Å²) in [6.07, 6.45) is 0. The molecule has 1 heterocycles. The van der Waals surface area contributed by atoms with E-state index < -0.39 is 22.9 Å². The van der Waals surface area contributed by atoms with E-state index in [1.54, 1.807) is 18.2 Å². The van der Waals surface area contributed by atoms with E-state index in [0.29, 0.717) is 5.39 Å². The standard InChI is InChI=1S/C10H7F2NO4S/c11-18(12,15)13-6-16-9-5-10(14)17-8-4-2-1-3-7(8)9/h1-5H,6H2. The Balaban J connectivity index is 2.39. The number of nitrogens with zero attached hydrogens (tertiary/aromatic N) is 1. The van der Waals surface area contributed by atoms with Crippen molar-refractivity contribution in [2.45, 2.75) is 0 Å². The van der Waals surface area contributed by atoms with Crippen molar-refractivity contribution in [2.24, 2.45) is 4.36 Å². The highest BCUT2D eigenvalue weighted by atomic mass is 32.3. The normalized spacial score (nSPS) is 11.4. The molecule has 0 bridgehead atoms. The molecule has 0 aliphatic rings. The summed E-state index contributed by atoms with van der Waals surface area (Å²) in [5.74, 6) is 0.0502. The van der Waals surface area contributed by atoms with E-state index in [0.717, 1.165) is 6.07 Å². The minimum Gasteiger partial charge on any atom is -0.469 e. The Morgan fingerprint density at radius 1 is 1.33 bits per heavy atom. The molecule has 0 aliphatic heterocycles. The van der Waals surface area contributed by atoms with Gasteiger partial charge in [0.2, 0.25) is 0 Å². The van der Waals surface area contributed by atoms with E-state index in [9.17, 15) is 16.8 Å². The largest absolute Gasteiger partial charge is 0.469 e. The topological polar surface area (TPSA) is 68.9 Å². The van der Waals surface area contributed by atoms with Gasteiger partial charge in [0.05, 0.1) is 11.5 Å². The highest BCUT2D eigenvalue weighted by Gasteiger charge is 2.06. The predicted octanol–water partition coefficient (Wildman–Crippen LogP) is 2.37. The minimum absolute atomic E-state index is 0.0502. The van der Waals surface area contributed by atoms with Crippen LogP contribution < -0.4 is 10.4 Å². The summed E-state index contributed by atoms with van der Waals surface area (Å²) in [6.45, 7) is -0.806. The van der Waals surface area contributed by atoms with Crippen molar-refractivity contribution < 1.29 is 21.1 Å². The van der Waals surface area contributed by atoms with Crippen molar-refractivity contribution in [1.29, 1.82) is 0 Å². The Kier molecular flexibility index (Phi) is 3.28. The third kappa shape index (κ3) is 3.04. The predicted molar refractivity (Wildman–Crippen MR) is 60.8 cm³/mol. The molecule has 0 fully saturated rings. The van der Waals surface area contributed by atoms with Crippen LogP contribution >= 0.6 is 0 Å². The fourth-order valence-electron chi connectivity index (χ4n) is 1.36. The van der Waals surface area contributed by atoms with Crippen molar-refractivity contribution >= 4 is 21.5 Å². The molecule has 1 aromatic heterocycles. The van der Waals surface area contributed by atoms with Crippen molar-refractivity contribution in [3.63, 3.8) is 0 Å². The molecule has 96 valence electrons. The molecule has 0 aliphatic carbocycles. The van der Waals surface area contributed by atoms with Crippen LogP contribution in [0.3, 0.4) is 0 Å². The Labute approximate surface area is 101 Å². The summed E-state index contributed by atoms with van der Waals surface area (Å²) >= 11 is 0. The first-order valence-electron chi connectivity index (χ1n) is 4.73. The van der Waals surface area contributed by atoms with E-state index in [1.807, 2.05) is 0 Å². The Morgan fingerprint density at radius 2 is 2.06 bits per heavy atom. The van der Waals surface area contributed by atoms with Crippen LogP contribution in [0.1, 0.15) is 0 Å². The second-order valence-electron chi connectivity index (χ2n) is 3.23. The first kappa shape index (κ1) is 12.5. The van der Waals surface area contributed by atoms with Crippen molar-refractivity contribution in [3.8, 4) is 5.75 Å². The van der Waals surface area contributed by atoms with Crippen LogP contribution in [0.25, 0.3) is 11.0 Å². The van der Waals surface area contributed by atoms with Crippen LogP contribution in [-0.4, -0.2) is 10.9 Å². The molecule has 0 unspecified atom stereocenters. The highest BCUT2D eigenvalue weighted by Crippen LogP contribution is 2.23. The van der Waals surface area contributed by atoms with Gasteiger partial charge in [0.15, 0.2) is 6.73 Å². The number of fused-ring (bicyclic) bond motifs is 1. The molecule has 0 atom stereocenters.